The maximum atomic E-state index is 13.5. The molecule has 7 heteroatoms. The van der Waals surface area contributed by atoms with E-state index in [0.29, 0.717) is 17.9 Å². The lowest BCUT2D eigenvalue weighted by molar-refractivity contribution is -0.137. The molecule has 2 aromatic rings. The van der Waals surface area contributed by atoms with Crippen molar-refractivity contribution in [3.8, 4) is 5.75 Å². The first-order valence-electron chi connectivity index (χ1n) is 10.1. The molecular weight excluding hydrogens is 382 g/mol. The maximum Gasteiger partial charge on any atom is 0.326 e. The van der Waals surface area contributed by atoms with Crippen molar-refractivity contribution < 1.29 is 19.1 Å². The van der Waals surface area contributed by atoms with Gasteiger partial charge in [0.25, 0.3) is 5.91 Å². The van der Waals surface area contributed by atoms with E-state index in [1.807, 2.05) is 31.2 Å². The number of nitrogens with one attached hydrogen (secondary N) is 2. The number of amides is 4. The van der Waals surface area contributed by atoms with Gasteiger partial charge >= 0.3 is 6.03 Å². The summed E-state index contributed by atoms with van der Waals surface area (Å²) < 4.78 is 5.30. The molecule has 0 bridgehead atoms. The van der Waals surface area contributed by atoms with Crippen molar-refractivity contribution in [3.05, 3.63) is 59.2 Å². The summed E-state index contributed by atoms with van der Waals surface area (Å²) in [5, 5.41) is 5.67. The average Bonchev–Trinajstić information content (AvgIpc) is 2.98. The van der Waals surface area contributed by atoms with Crippen molar-refractivity contribution in [1.82, 2.24) is 10.2 Å². The highest BCUT2D eigenvalue weighted by atomic mass is 16.5. The Morgan fingerprint density at radius 3 is 2.63 bits per heavy atom. The summed E-state index contributed by atoms with van der Waals surface area (Å²) in [6, 6.07) is 11.4. The van der Waals surface area contributed by atoms with Crippen molar-refractivity contribution in [2.45, 2.75) is 44.7 Å². The van der Waals surface area contributed by atoms with E-state index in [4.69, 9.17) is 4.74 Å². The predicted molar refractivity (Wildman–Crippen MR) is 112 cm³/mol. The van der Waals surface area contributed by atoms with Gasteiger partial charge in [-0.15, -0.1) is 0 Å². The second kappa shape index (κ2) is 7.48. The third-order valence-corrected chi connectivity index (χ3v) is 5.98. The monoisotopic (exact) mass is 407 g/mol. The Labute approximate surface area is 175 Å². The average molecular weight is 407 g/mol. The number of benzene rings is 2. The number of aryl methyl sites for hydroxylation is 2. The molecule has 7 nitrogen and oxygen atoms in total. The summed E-state index contributed by atoms with van der Waals surface area (Å²) in [4.78, 5) is 40.1. The molecule has 1 fully saturated rings. The lowest BCUT2D eigenvalue weighted by Gasteiger charge is -2.34. The normalized spacial score (nSPS) is 21.2. The molecule has 1 spiro atoms. The number of hydrogen-bond acceptors (Lipinski definition) is 4. The molecule has 1 aliphatic heterocycles. The minimum absolute atomic E-state index is 0.384. The molecule has 2 aliphatic rings. The van der Waals surface area contributed by atoms with Crippen molar-refractivity contribution >= 4 is 23.5 Å². The Morgan fingerprint density at radius 1 is 1.20 bits per heavy atom. The van der Waals surface area contributed by atoms with Crippen LogP contribution < -0.4 is 15.4 Å². The zero-order valence-electron chi connectivity index (χ0n) is 17.3. The molecule has 0 radical (unpaired) electrons. The van der Waals surface area contributed by atoms with Gasteiger partial charge in [0, 0.05) is 5.69 Å². The minimum Gasteiger partial charge on any atom is -0.497 e. The number of fused-ring (bicyclic) bond motifs is 2. The van der Waals surface area contributed by atoms with Crippen molar-refractivity contribution in [1.29, 1.82) is 0 Å². The molecule has 0 aromatic heterocycles. The van der Waals surface area contributed by atoms with E-state index in [2.05, 4.69) is 10.6 Å². The summed E-state index contributed by atoms with van der Waals surface area (Å²) in [7, 11) is 1.60. The molecule has 1 aliphatic carbocycles. The smallest absolute Gasteiger partial charge is 0.326 e. The SMILES string of the molecule is COc1ccc2c(c1)CCCC21NC(=O)N(C(C)C(=O)Nc2ccc(C)cc2)C1=O. The molecule has 4 amide bonds. The quantitative estimate of drug-likeness (QED) is 0.763. The fourth-order valence-corrected chi connectivity index (χ4v) is 4.30. The lowest BCUT2D eigenvalue weighted by Crippen LogP contribution is -2.49. The number of carbonyl (C=O) groups excluding carboxylic acids is 3. The minimum atomic E-state index is -1.13. The van der Waals surface area contributed by atoms with Gasteiger partial charge in [-0.25, -0.2) is 9.69 Å². The molecule has 0 saturated carbocycles. The van der Waals surface area contributed by atoms with E-state index in [0.717, 1.165) is 34.4 Å². The van der Waals surface area contributed by atoms with Crippen molar-refractivity contribution in [2.75, 3.05) is 12.4 Å². The third kappa shape index (κ3) is 3.20. The molecule has 1 heterocycles. The van der Waals surface area contributed by atoms with E-state index in [9.17, 15) is 14.4 Å². The molecule has 4 rings (SSSR count). The van der Waals surface area contributed by atoms with Crippen LogP contribution in [-0.2, 0) is 21.5 Å². The number of ether oxygens (including phenoxy) is 1. The fraction of sp³-hybridized carbons (Fsp3) is 0.348. The number of hydrogen-bond donors (Lipinski definition) is 2. The molecule has 156 valence electrons. The van der Waals surface area contributed by atoms with Crippen LogP contribution in [0.1, 0.15) is 36.5 Å². The summed E-state index contributed by atoms with van der Waals surface area (Å²) in [6.45, 7) is 3.52. The molecule has 2 atom stereocenters. The standard InChI is InChI=1S/C23H25N3O4/c1-14-6-8-17(9-7-14)24-20(27)15(2)26-21(28)23(25-22(26)29)12-4-5-16-13-18(30-3)10-11-19(16)23/h6-11,13,15H,4-5,12H2,1-3H3,(H,24,27)(H,25,29). The lowest BCUT2D eigenvalue weighted by atomic mass is 9.76. The van der Waals surface area contributed by atoms with Gasteiger partial charge in [-0.1, -0.05) is 23.8 Å². The molecule has 30 heavy (non-hydrogen) atoms. The molecule has 2 N–H and O–H groups in total. The second-order valence-corrected chi connectivity index (χ2v) is 7.92. The second-order valence-electron chi connectivity index (χ2n) is 7.92. The van der Waals surface area contributed by atoms with Crippen molar-refractivity contribution in [3.63, 3.8) is 0 Å². The van der Waals surface area contributed by atoms with Crippen LogP contribution in [0.25, 0.3) is 0 Å². The first-order chi connectivity index (χ1) is 14.4. The zero-order chi connectivity index (χ0) is 21.5. The molecule has 1 saturated heterocycles. The van der Waals surface area contributed by atoms with Gasteiger partial charge in [0.2, 0.25) is 5.91 Å². The largest absolute Gasteiger partial charge is 0.497 e. The predicted octanol–water partition coefficient (Wildman–Crippen LogP) is 3.11. The van der Waals surface area contributed by atoms with Gasteiger partial charge < -0.3 is 15.4 Å². The van der Waals surface area contributed by atoms with Crippen LogP contribution in [0.4, 0.5) is 10.5 Å². The van der Waals surface area contributed by atoms with Gasteiger partial charge in [-0.2, -0.15) is 0 Å². The molecular formula is C23H25N3O4. The van der Waals surface area contributed by atoms with E-state index in [1.54, 1.807) is 32.2 Å². The van der Waals surface area contributed by atoms with Crippen LogP contribution in [0.5, 0.6) is 5.75 Å². The van der Waals surface area contributed by atoms with Crippen LogP contribution in [0.2, 0.25) is 0 Å². The Bertz CT molecular complexity index is 1020. The van der Waals surface area contributed by atoms with Gasteiger partial charge in [0.15, 0.2) is 0 Å². The summed E-state index contributed by atoms with van der Waals surface area (Å²) in [5.41, 5.74) is 2.32. The highest BCUT2D eigenvalue weighted by molar-refractivity contribution is 6.11. The van der Waals surface area contributed by atoms with Gasteiger partial charge in [-0.3, -0.25) is 9.59 Å². The summed E-state index contributed by atoms with van der Waals surface area (Å²) >= 11 is 0. The van der Waals surface area contributed by atoms with Crippen LogP contribution >= 0.6 is 0 Å². The first-order valence-corrected chi connectivity index (χ1v) is 10.1. The van der Waals surface area contributed by atoms with E-state index in [-0.39, 0.29) is 5.91 Å². The van der Waals surface area contributed by atoms with E-state index in [1.165, 1.54) is 0 Å². The number of urea groups is 1. The number of methoxy groups -OCH3 is 1. The highest BCUT2D eigenvalue weighted by Crippen LogP contribution is 2.41. The van der Waals surface area contributed by atoms with Gasteiger partial charge in [0.05, 0.1) is 7.11 Å². The fourth-order valence-electron chi connectivity index (χ4n) is 4.30. The molecule has 2 unspecified atom stereocenters. The Hall–Kier alpha value is -3.35. The number of nitrogens with zero attached hydrogens (tertiary/aromatic N) is 1. The van der Waals surface area contributed by atoms with Crippen molar-refractivity contribution in [2.24, 2.45) is 0 Å². The number of anilines is 1. The Kier molecular flexibility index (Phi) is 4.97. The number of rotatable bonds is 4. The van der Waals surface area contributed by atoms with Gasteiger partial charge in [-0.05, 0) is 68.5 Å². The third-order valence-electron chi connectivity index (χ3n) is 5.98. The van der Waals surface area contributed by atoms with Crippen LogP contribution in [0.15, 0.2) is 42.5 Å². The number of imide groups is 1. The summed E-state index contributed by atoms with van der Waals surface area (Å²) in [5.74, 6) is -0.0828. The van der Waals surface area contributed by atoms with E-state index >= 15 is 0 Å². The Morgan fingerprint density at radius 2 is 1.93 bits per heavy atom. The van der Waals surface area contributed by atoms with E-state index < -0.39 is 23.5 Å². The van der Waals surface area contributed by atoms with Crippen LogP contribution in [-0.4, -0.2) is 35.9 Å². The van der Waals surface area contributed by atoms with Gasteiger partial charge in [0.1, 0.15) is 17.3 Å². The Balaban J connectivity index is 1.60. The van der Waals surface area contributed by atoms with Crippen LogP contribution in [0, 0.1) is 6.92 Å². The zero-order valence-corrected chi connectivity index (χ0v) is 17.3. The molecule has 2 aromatic carbocycles. The van der Waals surface area contributed by atoms with Crippen LogP contribution in [0.3, 0.4) is 0 Å². The number of carbonyl (C=O) groups is 3. The highest BCUT2D eigenvalue weighted by Gasteiger charge is 2.56. The maximum absolute atomic E-state index is 13.5. The first kappa shape index (κ1) is 19.9. The summed E-state index contributed by atoms with van der Waals surface area (Å²) in [6.07, 6.45) is 2.06. The topological polar surface area (TPSA) is 87.7 Å².